The summed E-state index contributed by atoms with van der Waals surface area (Å²) in [6.45, 7) is 1.32. The zero-order valence-corrected chi connectivity index (χ0v) is 14.6. The van der Waals surface area contributed by atoms with Crippen LogP contribution in [-0.4, -0.2) is 38.9 Å². The van der Waals surface area contributed by atoms with E-state index in [1.165, 1.54) is 16.0 Å². The van der Waals surface area contributed by atoms with E-state index < -0.39 is 0 Å². The van der Waals surface area contributed by atoms with Crippen LogP contribution >= 0.6 is 22.7 Å². The number of amides is 1. The molecule has 24 heavy (non-hydrogen) atoms. The summed E-state index contributed by atoms with van der Waals surface area (Å²) in [6, 6.07) is 5.78. The Kier molecular flexibility index (Phi) is 4.15. The molecule has 0 N–H and O–H groups in total. The average Bonchev–Trinajstić information content (AvgIpc) is 3.27. The zero-order valence-electron chi connectivity index (χ0n) is 12.9. The molecule has 3 aromatic heterocycles. The molecular formula is C16H16N4O2S2. The van der Waals surface area contributed by atoms with Crippen LogP contribution in [0.3, 0.4) is 0 Å². The molecule has 4 heterocycles. The van der Waals surface area contributed by atoms with Gasteiger partial charge in [0.25, 0.3) is 5.56 Å². The molecule has 0 bridgehead atoms. The van der Waals surface area contributed by atoms with E-state index in [1.807, 2.05) is 33.9 Å². The van der Waals surface area contributed by atoms with Crippen LogP contribution in [0, 0.1) is 0 Å². The smallest absolute Gasteiger partial charge is 0.287 e. The van der Waals surface area contributed by atoms with Crippen LogP contribution < -0.4 is 5.56 Å². The topological polar surface area (TPSA) is 68.1 Å². The van der Waals surface area contributed by atoms with Gasteiger partial charge in [0.2, 0.25) is 5.91 Å². The molecule has 0 spiro atoms. The van der Waals surface area contributed by atoms with Gasteiger partial charge in [0, 0.05) is 18.0 Å². The minimum atomic E-state index is -0.0710. The summed E-state index contributed by atoms with van der Waals surface area (Å²) >= 11 is 3.01. The number of thiophene rings is 2. The zero-order chi connectivity index (χ0) is 16.5. The Morgan fingerprint density at radius 1 is 1.21 bits per heavy atom. The summed E-state index contributed by atoms with van der Waals surface area (Å²) in [7, 11) is 0. The number of hydrogen-bond acceptors (Lipinski definition) is 6. The highest BCUT2D eigenvalue weighted by atomic mass is 32.1. The van der Waals surface area contributed by atoms with Gasteiger partial charge in [-0.2, -0.15) is 0 Å². The molecule has 0 atom stereocenters. The van der Waals surface area contributed by atoms with Crippen molar-refractivity contribution in [3.63, 3.8) is 0 Å². The van der Waals surface area contributed by atoms with Gasteiger partial charge < -0.3 is 4.90 Å². The van der Waals surface area contributed by atoms with Crippen LogP contribution in [0.1, 0.15) is 23.8 Å². The van der Waals surface area contributed by atoms with E-state index in [0.29, 0.717) is 29.7 Å². The van der Waals surface area contributed by atoms with Gasteiger partial charge in [-0.05, 0) is 35.7 Å². The van der Waals surface area contributed by atoms with E-state index >= 15 is 0 Å². The maximum Gasteiger partial charge on any atom is 0.287 e. The molecule has 124 valence electrons. The van der Waals surface area contributed by atoms with Crippen molar-refractivity contribution in [1.82, 2.24) is 19.9 Å². The Balaban J connectivity index is 1.44. The molecule has 4 rings (SSSR count). The molecule has 1 amide bonds. The number of hydrogen-bond donors (Lipinski definition) is 0. The Hall–Kier alpha value is -2.06. The molecule has 1 fully saturated rings. The van der Waals surface area contributed by atoms with Gasteiger partial charge in [-0.25, -0.2) is 4.68 Å². The predicted molar refractivity (Wildman–Crippen MR) is 94.5 cm³/mol. The van der Waals surface area contributed by atoms with Crippen molar-refractivity contribution in [2.45, 2.75) is 25.3 Å². The molecule has 0 aromatic carbocycles. The maximum atomic E-state index is 12.5. The molecule has 3 aromatic rings. The minimum absolute atomic E-state index is 0.0160. The van der Waals surface area contributed by atoms with E-state index in [2.05, 4.69) is 10.3 Å². The first kappa shape index (κ1) is 15.5. The first-order valence-corrected chi connectivity index (χ1v) is 9.61. The minimum Gasteiger partial charge on any atom is -0.342 e. The highest BCUT2D eigenvalue weighted by Gasteiger charge is 2.26. The third kappa shape index (κ3) is 2.87. The van der Waals surface area contributed by atoms with Crippen molar-refractivity contribution in [3.8, 4) is 0 Å². The Bertz CT molecular complexity index is 908. The summed E-state index contributed by atoms with van der Waals surface area (Å²) in [4.78, 5) is 27.8. The van der Waals surface area contributed by atoms with Crippen molar-refractivity contribution >= 4 is 38.8 Å². The third-order valence-corrected chi connectivity index (χ3v) is 6.13. The molecule has 0 saturated carbocycles. The lowest BCUT2D eigenvalue weighted by Crippen LogP contribution is -2.42. The SMILES string of the molecule is O=C(Cc1cccs1)N1CCC(n2nnc3ccsc3c2=O)CC1. The number of piperidine rings is 1. The standard InChI is InChI=1S/C16H16N4O2S2/c21-14(10-12-2-1-8-23-12)19-6-3-11(4-7-19)20-16(22)15-13(17-18-20)5-9-24-15/h1-2,5,8-9,11H,3-4,6-7,10H2. The van der Waals surface area contributed by atoms with Gasteiger partial charge in [-0.1, -0.05) is 11.3 Å². The van der Waals surface area contributed by atoms with Crippen molar-refractivity contribution in [2.75, 3.05) is 13.1 Å². The van der Waals surface area contributed by atoms with Crippen LogP contribution in [0.15, 0.2) is 33.8 Å². The normalized spacial score (nSPS) is 15.9. The number of rotatable bonds is 3. The van der Waals surface area contributed by atoms with Crippen LogP contribution in [-0.2, 0) is 11.2 Å². The van der Waals surface area contributed by atoms with Gasteiger partial charge in [0.1, 0.15) is 10.2 Å². The monoisotopic (exact) mass is 360 g/mol. The summed E-state index contributed by atoms with van der Waals surface area (Å²) in [5, 5.41) is 12.1. The van der Waals surface area contributed by atoms with Crippen molar-refractivity contribution in [2.24, 2.45) is 0 Å². The van der Waals surface area contributed by atoms with E-state index in [0.717, 1.165) is 17.7 Å². The van der Waals surface area contributed by atoms with Gasteiger partial charge in [0.15, 0.2) is 0 Å². The van der Waals surface area contributed by atoms with Crippen molar-refractivity contribution in [1.29, 1.82) is 0 Å². The van der Waals surface area contributed by atoms with Crippen LogP contribution in [0.4, 0.5) is 0 Å². The molecule has 1 aliphatic rings. The molecule has 0 aliphatic carbocycles. The fraction of sp³-hybridized carbons (Fsp3) is 0.375. The summed E-state index contributed by atoms with van der Waals surface area (Å²) in [6.07, 6.45) is 1.94. The molecule has 8 heteroatoms. The molecule has 0 unspecified atom stereocenters. The fourth-order valence-electron chi connectivity index (χ4n) is 3.06. The number of carbonyl (C=O) groups is 1. The second kappa shape index (κ2) is 6.45. The number of aromatic nitrogens is 3. The maximum absolute atomic E-state index is 12.5. The number of carbonyl (C=O) groups excluding carboxylic acids is 1. The molecule has 1 saturated heterocycles. The molecule has 0 radical (unpaired) electrons. The largest absolute Gasteiger partial charge is 0.342 e. The highest BCUT2D eigenvalue weighted by molar-refractivity contribution is 7.17. The van der Waals surface area contributed by atoms with E-state index in [4.69, 9.17) is 0 Å². The lowest BCUT2D eigenvalue weighted by molar-refractivity contribution is -0.131. The van der Waals surface area contributed by atoms with Crippen LogP contribution in [0.25, 0.3) is 10.2 Å². The first-order chi connectivity index (χ1) is 11.7. The van der Waals surface area contributed by atoms with Crippen LogP contribution in [0.2, 0.25) is 0 Å². The van der Waals surface area contributed by atoms with Crippen LogP contribution in [0.5, 0.6) is 0 Å². The number of likely N-dealkylation sites (tertiary alicyclic amines) is 1. The number of fused-ring (bicyclic) bond motifs is 1. The lowest BCUT2D eigenvalue weighted by atomic mass is 10.0. The van der Waals surface area contributed by atoms with Crippen molar-refractivity contribution < 1.29 is 4.79 Å². The Labute approximate surface area is 146 Å². The van der Waals surface area contributed by atoms with E-state index in [9.17, 15) is 9.59 Å². The first-order valence-electron chi connectivity index (χ1n) is 7.85. The lowest BCUT2D eigenvalue weighted by Gasteiger charge is -2.32. The van der Waals surface area contributed by atoms with Crippen molar-refractivity contribution in [3.05, 3.63) is 44.2 Å². The van der Waals surface area contributed by atoms with Gasteiger partial charge in [0.05, 0.1) is 12.5 Å². The predicted octanol–water partition coefficient (Wildman–Crippen LogP) is 2.32. The van der Waals surface area contributed by atoms with Gasteiger partial charge in [-0.15, -0.1) is 27.8 Å². The summed E-state index contributed by atoms with van der Waals surface area (Å²) in [5.74, 6) is 0.156. The van der Waals surface area contributed by atoms with E-state index in [1.54, 1.807) is 11.3 Å². The second-order valence-electron chi connectivity index (χ2n) is 5.84. The van der Waals surface area contributed by atoms with Gasteiger partial charge >= 0.3 is 0 Å². The fourth-order valence-corrected chi connectivity index (χ4v) is 4.51. The van der Waals surface area contributed by atoms with Gasteiger partial charge in [-0.3, -0.25) is 9.59 Å². The van der Waals surface area contributed by atoms with E-state index in [-0.39, 0.29) is 17.5 Å². The molecular weight excluding hydrogens is 344 g/mol. The average molecular weight is 360 g/mol. The second-order valence-corrected chi connectivity index (χ2v) is 7.79. The Morgan fingerprint density at radius 3 is 2.79 bits per heavy atom. The quantitative estimate of drug-likeness (QED) is 0.719. The molecule has 6 nitrogen and oxygen atoms in total. The third-order valence-electron chi connectivity index (χ3n) is 4.36. The number of nitrogens with zero attached hydrogens (tertiary/aromatic N) is 4. The highest BCUT2D eigenvalue weighted by Crippen LogP contribution is 2.22. The molecule has 1 aliphatic heterocycles. The summed E-state index contributed by atoms with van der Waals surface area (Å²) in [5.41, 5.74) is 0.586. The Morgan fingerprint density at radius 2 is 2.04 bits per heavy atom. The summed E-state index contributed by atoms with van der Waals surface area (Å²) < 4.78 is 2.15.